The van der Waals surface area contributed by atoms with Crippen LogP contribution in [-0.4, -0.2) is 29.6 Å². The maximum atomic E-state index is 11.2. The van der Waals surface area contributed by atoms with Crippen molar-refractivity contribution in [2.24, 2.45) is 0 Å². The van der Waals surface area contributed by atoms with Gasteiger partial charge in [-0.25, -0.2) is 4.79 Å². The molecule has 0 spiro atoms. The number of carboxylic acid groups (broad SMARTS) is 1. The fraction of sp³-hybridized carbons (Fsp3) is 0.308. The van der Waals surface area contributed by atoms with E-state index in [1.165, 1.54) is 18.2 Å². The van der Waals surface area contributed by atoms with Crippen LogP contribution >= 0.6 is 0 Å². The largest absolute Gasteiger partial charge is 0.478 e. The number of hydrogen-bond donors (Lipinski definition) is 1. The van der Waals surface area contributed by atoms with Crippen LogP contribution in [0, 0.1) is 10.1 Å². The van der Waals surface area contributed by atoms with Gasteiger partial charge in [0.2, 0.25) is 0 Å². The molecule has 0 radical (unpaired) electrons. The van der Waals surface area contributed by atoms with Crippen molar-refractivity contribution in [2.75, 3.05) is 18.5 Å². The van der Waals surface area contributed by atoms with Gasteiger partial charge in [-0.2, -0.15) is 0 Å². The van der Waals surface area contributed by atoms with Gasteiger partial charge in [0.1, 0.15) is 5.69 Å². The number of aromatic carboxylic acids is 1. The number of carbonyl (C=O) groups is 1. The van der Waals surface area contributed by atoms with E-state index < -0.39 is 10.9 Å². The topological polar surface area (TPSA) is 83.7 Å². The van der Waals surface area contributed by atoms with Crippen LogP contribution in [0.25, 0.3) is 0 Å². The van der Waals surface area contributed by atoms with Gasteiger partial charge in [0, 0.05) is 19.7 Å². The van der Waals surface area contributed by atoms with Gasteiger partial charge >= 0.3 is 5.97 Å². The fourth-order valence-electron chi connectivity index (χ4n) is 1.84. The minimum absolute atomic E-state index is 0.0599. The van der Waals surface area contributed by atoms with E-state index in [0.29, 0.717) is 6.54 Å². The van der Waals surface area contributed by atoms with E-state index in [-0.39, 0.29) is 16.9 Å². The zero-order valence-corrected chi connectivity index (χ0v) is 10.7. The monoisotopic (exact) mass is 264 g/mol. The Morgan fingerprint density at radius 1 is 1.58 bits per heavy atom. The molecule has 0 fully saturated rings. The molecule has 1 aromatic carbocycles. The lowest BCUT2D eigenvalue weighted by Crippen LogP contribution is -2.22. The molecular weight excluding hydrogens is 248 g/mol. The quantitative estimate of drug-likeness (QED) is 0.354. The molecule has 102 valence electrons. The average molecular weight is 264 g/mol. The van der Waals surface area contributed by atoms with Crippen molar-refractivity contribution in [3.8, 4) is 0 Å². The second-order valence-electron chi connectivity index (χ2n) is 4.09. The minimum Gasteiger partial charge on any atom is -0.478 e. The Morgan fingerprint density at radius 3 is 2.79 bits per heavy atom. The third-order valence-corrected chi connectivity index (χ3v) is 2.73. The van der Waals surface area contributed by atoms with Crippen LogP contribution in [-0.2, 0) is 0 Å². The number of hydrogen-bond acceptors (Lipinski definition) is 4. The summed E-state index contributed by atoms with van der Waals surface area (Å²) < 4.78 is 0. The van der Waals surface area contributed by atoms with Gasteiger partial charge in [0.25, 0.3) is 5.69 Å². The Morgan fingerprint density at radius 2 is 2.26 bits per heavy atom. The molecule has 0 bridgehead atoms. The Labute approximate surface area is 111 Å². The highest BCUT2D eigenvalue weighted by atomic mass is 16.6. The maximum absolute atomic E-state index is 11.2. The minimum atomic E-state index is -1.17. The molecule has 0 saturated carbocycles. The predicted molar refractivity (Wildman–Crippen MR) is 72.8 cm³/mol. The van der Waals surface area contributed by atoms with Gasteiger partial charge in [-0.3, -0.25) is 10.1 Å². The Balaban J connectivity index is 3.16. The van der Waals surface area contributed by atoms with Gasteiger partial charge in [0.05, 0.1) is 10.5 Å². The third-order valence-electron chi connectivity index (χ3n) is 2.73. The second-order valence-corrected chi connectivity index (χ2v) is 4.09. The number of rotatable bonds is 7. The van der Waals surface area contributed by atoms with E-state index >= 15 is 0 Å². The smallest absolute Gasteiger partial charge is 0.338 e. The van der Waals surface area contributed by atoms with E-state index in [0.717, 1.165) is 12.8 Å². The molecule has 0 aliphatic heterocycles. The van der Waals surface area contributed by atoms with Gasteiger partial charge < -0.3 is 10.0 Å². The Hall–Kier alpha value is -2.37. The van der Waals surface area contributed by atoms with Crippen molar-refractivity contribution < 1.29 is 14.8 Å². The zero-order valence-electron chi connectivity index (χ0n) is 10.7. The van der Waals surface area contributed by atoms with Gasteiger partial charge in [0.15, 0.2) is 0 Å². The summed E-state index contributed by atoms with van der Waals surface area (Å²) in [6.45, 7) is 4.13. The van der Waals surface area contributed by atoms with Crippen molar-refractivity contribution in [1.29, 1.82) is 0 Å². The van der Waals surface area contributed by atoms with E-state index in [1.54, 1.807) is 18.0 Å². The number of carboxylic acids is 1. The summed E-state index contributed by atoms with van der Waals surface area (Å²) in [5.41, 5.74) is -0.111. The number of para-hydroxylation sites is 1. The second kappa shape index (κ2) is 6.53. The molecule has 19 heavy (non-hydrogen) atoms. The molecule has 6 heteroatoms. The summed E-state index contributed by atoms with van der Waals surface area (Å²) in [4.78, 5) is 23.2. The number of benzene rings is 1. The average Bonchev–Trinajstić information content (AvgIpc) is 2.37. The van der Waals surface area contributed by atoms with Crippen LogP contribution in [0.4, 0.5) is 11.4 Å². The molecule has 0 heterocycles. The molecule has 0 aliphatic carbocycles. The molecular formula is C13H16N2O4. The first-order chi connectivity index (χ1) is 8.99. The van der Waals surface area contributed by atoms with Crippen molar-refractivity contribution in [1.82, 2.24) is 0 Å². The summed E-state index contributed by atoms with van der Waals surface area (Å²) in [7, 11) is 1.65. The summed E-state index contributed by atoms with van der Waals surface area (Å²) in [5.74, 6) is -1.17. The standard InChI is InChI=1S/C13H16N2O4/c1-3-4-5-9-14(2)12-10(13(16)17)7-6-8-11(12)15(18)19/h3,6-8H,1,4-5,9H2,2H3,(H,16,17). The number of allylic oxidation sites excluding steroid dienone is 1. The lowest BCUT2D eigenvalue weighted by molar-refractivity contribution is -0.384. The predicted octanol–water partition coefficient (Wildman–Crippen LogP) is 2.70. The van der Waals surface area contributed by atoms with Crippen LogP contribution in [0.3, 0.4) is 0 Å². The highest BCUT2D eigenvalue weighted by Gasteiger charge is 2.23. The highest BCUT2D eigenvalue weighted by molar-refractivity contribution is 5.97. The lowest BCUT2D eigenvalue weighted by atomic mass is 10.1. The Bertz CT molecular complexity index is 467. The van der Waals surface area contributed by atoms with E-state index in [4.69, 9.17) is 5.11 Å². The zero-order chi connectivity index (χ0) is 14.4. The van der Waals surface area contributed by atoms with Gasteiger partial charge in [-0.05, 0) is 18.9 Å². The van der Waals surface area contributed by atoms with Crippen molar-refractivity contribution in [3.63, 3.8) is 0 Å². The molecule has 1 N–H and O–H groups in total. The molecule has 1 rings (SSSR count). The normalized spacial score (nSPS) is 9.95. The van der Waals surface area contributed by atoms with Crippen LogP contribution in [0.2, 0.25) is 0 Å². The van der Waals surface area contributed by atoms with E-state index in [2.05, 4.69) is 6.58 Å². The molecule has 1 aromatic rings. The highest BCUT2D eigenvalue weighted by Crippen LogP contribution is 2.31. The first-order valence-corrected chi connectivity index (χ1v) is 5.81. The number of nitro benzene ring substituents is 1. The van der Waals surface area contributed by atoms with Crippen LogP contribution < -0.4 is 4.90 Å². The summed E-state index contributed by atoms with van der Waals surface area (Å²) >= 11 is 0. The maximum Gasteiger partial charge on any atom is 0.338 e. The molecule has 0 saturated heterocycles. The molecule has 0 atom stereocenters. The summed E-state index contributed by atoms with van der Waals surface area (Å²) in [6, 6.07) is 4.06. The third kappa shape index (κ3) is 3.54. The number of nitrogens with zero attached hydrogens (tertiary/aromatic N) is 2. The van der Waals surface area contributed by atoms with Crippen LogP contribution in [0.5, 0.6) is 0 Å². The molecule has 0 aromatic heterocycles. The van der Waals surface area contributed by atoms with Gasteiger partial charge in [-0.15, -0.1) is 6.58 Å². The first kappa shape index (κ1) is 14.7. The summed E-state index contributed by atoms with van der Waals surface area (Å²) in [6.07, 6.45) is 3.28. The molecule has 6 nitrogen and oxygen atoms in total. The number of anilines is 1. The van der Waals surface area contributed by atoms with Crippen molar-refractivity contribution >= 4 is 17.3 Å². The van der Waals surface area contributed by atoms with E-state index in [9.17, 15) is 14.9 Å². The number of nitro groups is 1. The SMILES string of the molecule is C=CCCCN(C)c1c(C(=O)O)cccc1[N+](=O)[O-]. The number of unbranched alkanes of at least 4 members (excludes halogenated alkanes) is 1. The fourth-order valence-corrected chi connectivity index (χ4v) is 1.84. The summed E-state index contributed by atoms with van der Waals surface area (Å²) in [5, 5.41) is 20.1. The van der Waals surface area contributed by atoms with Crippen molar-refractivity contribution in [3.05, 3.63) is 46.5 Å². The molecule has 0 amide bonds. The first-order valence-electron chi connectivity index (χ1n) is 5.81. The lowest BCUT2D eigenvalue weighted by Gasteiger charge is -2.20. The van der Waals surface area contributed by atoms with Crippen LogP contribution in [0.15, 0.2) is 30.9 Å². The Kier molecular flexibility index (Phi) is 5.05. The van der Waals surface area contributed by atoms with Crippen molar-refractivity contribution in [2.45, 2.75) is 12.8 Å². The van der Waals surface area contributed by atoms with E-state index in [1.807, 2.05) is 0 Å². The molecule has 0 aliphatic rings. The molecule has 0 unspecified atom stereocenters. The van der Waals surface area contributed by atoms with Crippen LogP contribution in [0.1, 0.15) is 23.2 Å². The van der Waals surface area contributed by atoms with Gasteiger partial charge in [-0.1, -0.05) is 12.1 Å².